The number of hydrogen-bond donors (Lipinski definition) is 2. The fourth-order valence-electron chi connectivity index (χ4n) is 3.06. The van der Waals surface area contributed by atoms with Crippen LogP contribution >= 0.6 is 24.0 Å². The number of benzene rings is 1. The Kier molecular flexibility index (Phi) is 9.05. The number of hydrogen-bond acceptors (Lipinski definition) is 2. The monoisotopic (exact) mass is 486 g/mol. The Labute approximate surface area is 181 Å². The largest absolute Gasteiger partial charge is 0.357 e. The van der Waals surface area contributed by atoms with Gasteiger partial charge >= 0.3 is 0 Å². The Bertz CT molecular complexity index is 621. The van der Waals surface area contributed by atoms with Crippen molar-refractivity contribution in [2.24, 2.45) is 10.4 Å². The van der Waals surface area contributed by atoms with E-state index in [1.807, 2.05) is 32.7 Å². The Morgan fingerprint density at radius 2 is 1.85 bits per heavy atom. The predicted octanol–water partition coefficient (Wildman–Crippen LogP) is 3.44. The standard InChI is InChI=1S/C21H34N4O.HI/c1-6-22-19(25(5)15-18(26)24-20(2,3)4)23-16-21(12-13-21)14-17-10-8-7-9-11-17;/h7-11H,6,12-16H2,1-5H3,(H,22,23)(H,24,26);1H. The minimum atomic E-state index is -0.221. The molecule has 0 atom stereocenters. The summed E-state index contributed by atoms with van der Waals surface area (Å²) in [5.41, 5.74) is 1.45. The van der Waals surface area contributed by atoms with Crippen molar-refractivity contribution in [1.82, 2.24) is 15.5 Å². The van der Waals surface area contributed by atoms with Crippen LogP contribution in [0.5, 0.6) is 0 Å². The minimum Gasteiger partial charge on any atom is -0.357 e. The van der Waals surface area contributed by atoms with Gasteiger partial charge in [-0.2, -0.15) is 0 Å². The molecule has 1 aliphatic rings. The summed E-state index contributed by atoms with van der Waals surface area (Å²) in [7, 11) is 1.92. The molecule has 1 aromatic rings. The van der Waals surface area contributed by atoms with Gasteiger partial charge in [-0.05, 0) is 57.9 Å². The van der Waals surface area contributed by atoms with Crippen LogP contribution in [0.4, 0.5) is 0 Å². The van der Waals surface area contributed by atoms with E-state index in [2.05, 4.69) is 47.9 Å². The van der Waals surface area contributed by atoms with Crippen molar-refractivity contribution in [2.45, 2.75) is 52.5 Å². The summed E-state index contributed by atoms with van der Waals surface area (Å²) in [6.07, 6.45) is 3.52. The molecule has 0 heterocycles. The van der Waals surface area contributed by atoms with Crippen LogP contribution in [-0.2, 0) is 11.2 Å². The first kappa shape index (κ1) is 23.7. The molecule has 0 bridgehead atoms. The molecule has 1 fully saturated rings. The van der Waals surface area contributed by atoms with Gasteiger partial charge in [-0.3, -0.25) is 9.79 Å². The molecule has 152 valence electrons. The molecular formula is C21H35IN4O. The number of guanidine groups is 1. The highest BCUT2D eigenvalue weighted by Crippen LogP contribution is 2.48. The van der Waals surface area contributed by atoms with E-state index in [4.69, 9.17) is 4.99 Å². The summed E-state index contributed by atoms with van der Waals surface area (Å²) < 4.78 is 0. The molecule has 2 rings (SSSR count). The maximum atomic E-state index is 12.2. The lowest BCUT2D eigenvalue weighted by Gasteiger charge is -2.26. The lowest BCUT2D eigenvalue weighted by Crippen LogP contribution is -2.48. The van der Waals surface area contributed by atoms with Crippen molar-refractivity contribution in [3.63, 3.8) is 0 Å². The Morgan fingerprint density at radius 3 is 2.37 bits per heavy atom. The van der Waals surface area contributed by atoms with Crippen LogP contribution in [0.2, 0.25) is 0 Å². The maximum absolute atomic E-state index is 12.2. The Balaban J connectivity index is 0.00000364. The molecule has 1 aromatic carbocycles. The maximum Gasteiger partial charge on any atom is 0.240 e. The second-order valence-electron chi connectivity index (χ2n) is 8.49. The van der Waals surface area contributed by atoms with E-state index in [9.17, 15) is 4.79 Å². The van der Waals surface area contributed by atoms with Crippen LogP contribution in [0.1, 0.15) is 46.1 Å². The summed E-state index contributed by atoms with van der Waals surface area (Å²) in [5.74, 6) is 0.812. The third kappa shape index (κ3) is 8.49. The van der Waals surface area contributed by atoms with E-state index in [0.717, 1.165) is 25.5 Å². The van der Waals surface area contributed by atoms with Crippen molar-refractivity contribution >= 4 is 35.8 Å². The van der Waals surface area contributed by atoms with Crippen LogP contribution < -0.4 is 10.6 Å². The number of nitrogens with one attached hydrogen (secondary N) is 2. The van der Waals surface area contributed by atoms with E-state index in [0.29, 0.717) is 6.54 Å². The minimum absolute atomic E-state index is 0. The molecule has 0 aromatic heterocycles. The molecule has 0 unspecified atom stereocenters. The molecule has 1 saturated carbocycles. The summed E-state index contributed by atoms with van der Waals surface area (Å²) in [4.78, 5) is 18.9. The van der Waals surface area contributed by atoms with Crippen LogP contribution in [0.15, 0.2) is 35.3 Å². The molecule has 0 saturated heterocycles. The first-order chi connectivity index (χ1) is 12.2. The number of likely N-dealkylation sites (N-methyl/N-ethyl adjacent to an activating group) is 1. The normalized spacial score (nSPS) is 15.5. The first-order valence-corrected chi connectivity index (χ1v) is 9.57. The van der Waals surface area contributed by atoms with E-state index in [1.54, 1.807) is 0 Å². The highest BCUT2D eigenvalue weighted by molar-refractivity contribution is 14.0. The average molecular weight is 486 g/mol. The highest BCUT2D eigenvalue weighted by atomic mass is 127. The molecule has 0 radical (unpaired) electrons. The van der Waals surface area contributed by atoms with Gasteiger partial charge in [-0.25, -0.2) is 0 Å². The second-order valence-corrected chi connectivity index (χ2v) is 8.49. The molecule has 5 nitrogen and oxygen atoms in total. The van der Waals surface area contributed by atoms with E-state index >= 15 is 0 Å². The van der Waals surface area contributed by atoms with E-state index in [-0.39, 0.29) is 40.8 Å². The molecule has 0 spiro atoms. The van der Waals surface area contributed by atoms with E-state index < -0.39 is 0 Å². The quantitative estimate of drug-likeness (QED) is 0.353. The van der Waals surface area contributed by atoms with Crippen molar-refractivity contribution in [3.05, 3.63) is 35.9 Å². The molecule has 27 heavy (non-hydrogen) atoms. The van der Waals surface area contributed by atoms with Crippen LogP contribution in [-0.4, -0.2) is 49.0 Å². The zero-order valence-corrected chi connectivity index (χ0v) is 19.7. The third-order valence-electron chi connectivity index (χ3n) is 4.53. The van der Waals surface area contributed by atoms with Crippen molar-refractivity contribution < 1.29 is 4.79 Å². The van der Waals surface area contributed by atoms with E-state index in [1.165, 1.54) is 18.4 Å². The summed E-state index contributed by atoms with van der Waals surface area (Å²) in [5, 5.41) is 6.31. The molecule has 6 heteroatoms. The number of carbonyl (C=O) groups is 1. The highest BCUT2D eigenvalue weighted by Gasteiger charge is 2.42. The lowest BCUT2D eigenvalue weighted by molar-refractivity contribution is -0.122. The molecule has 0 aliphatic heterocycles. The molecule has 1 amide bonds. The average Bonchev–Trinajstić information content (AvgIpc) is 3.30. The zero-order valence-electron chi connectivity index (χ0n) is 17.3. The van der Waals surface area contributed by atoms with Gasteiger partial charge in [0.25, 0.3) is 0 Å². The van der Waals surface area contributed by atoms with Gasteiger partial charge in [-0.1, -0.05) is 30.3 Å². The summed E-state index contributed by atoms with van der Waals surface area (Å²) in [6.45, 7) is 9.91. The van der Waals surface area contributed by atoms with Crippen LogP contribution in [0.25, 0.3) is 0 Å². The SMILES string of the molecule is CCNC(=NCC1(Cc2ccccc2)CC1)N(C)CC(=O)NC(C)(C)C.I. The van der Waals surface area contributed by atoms with Crippen molar-refractivity contribution in [1.29, 1.82) is 0 Å². The first-order valence-electron chi connectivity index (χ1n) is 9.57. The Morgan fingerprint density at radius 1 is 1.22 bits per heavy atom. The zero-order chi connectivity index (χ0) is 19.2. The smallest absolute Gasteiger partial charge is 0.240 e. The number of rotatable bonds is 7. The Hall–Kier alpha value is -1.31. The fourth-order valence-corrected chi connectivity index (χ4v) is 3.06. The predicted molar refractivity (Wildman–Crippen MR) is 124 cm³/mol. The number of amides is 1. The number of carbonyl (C=O) groups excluding carboxylic acids is 1. The van der Waals surface area contributed by atoms with Gasteiger partial charge in [-0.15, -0.1) is 24.0 Å². The van der Waals surface area contributed by atoms with Gasteiger partial charge in [0.2, 0.25) is 5.91 Å². The number of aliphatic imine (C=N–C) groups is 1. The molecule has 2 N–H and O–H groups in total. The molecule has 1 aliphatic carbocycles. The van der Waals surface area contributed by atoms with Crippen LogP contribution in [0.3, 0.4) is 0 Å². The summed E-state index contributed by atoms with van der Waals surface area (Å²) >= 11 is 0. The third-order valence-corrected chi connectivity index (χ3v) is 4.53. The van der Waals surface area contributed by atoms with Gasteiger partial charge in [0, 0.05) is 25.7 Å². The number of nitrogens with zero attached hydrogens (tertiary/aromatic N) is 2. The van der Waals surface area contributed by atoms with Crippen molar-refractivity contribution in [2.75, 3.05) is 26.7 Å². The van der Waals surface area contributed by atoms with Crippen molar-refractivity contribution in [3.8, 4) is 0 Å². The van der Waals surface area contributed by atoms with Gasteiger partial charge < -0.3 is 15.5 Å². The number of halogens is 1. The van der Waals surface area contributed by atoms with Gasteiger partial charge in [0.15, 0.2) is 5.96 Å². The van der Waals surface area contributed by atoms with Gasteiger partial charge in [0.1, 0.15) is 0 Å². The topological polar surface area (TPSA) is 56.7 Å². The fraction of sp³-hybridized carbons (Fsp3) is 0.619. The summed E-state index contributed by atoms with van der Waals surface area (Å²) in [6, 6.07) is 10.6. The van der Waals surface area contributed by atoms with Gasteiger partial charge in [0.05, 0.1) is 6.54 Å². The second kappa shape index (κ2) is 10.3. The molecular weight excluding hydrogens is 451 g/mol. The van der Waals surface area contributed by atoms with Crippen LogP contribution in [0, 0.1) is 5.41 Å². The lowest BCUT2D eigenvalue weighted by atomic mass is 9.97.